The molecule has 2 atom stereocenters. The zero-order valence-electron chi connectivity index (χ0n) is 12.2. The second kappa shape index (κ2) is 7.02. The summed E-state index contributed by atoms with van der Waals surface area (Å²) in [5.74, 6) is -0.358. The number of hydrogen-bond acceptors (Lipinski definition) is 5. The number of rotatable bonds is 5. The molecule has 0 saturated heterocycles. The summed E-state index contributed by atoms with van der Waals surface area (Å²) in [4.78, 5) is 13.5. The number of carbonyl (C=O) groups excluding carboxylic acids is 1. The van der Waals surface area contributed by atoms with E-state index in [0.717, 1.165) is 5.56 Å². The first-order chi connectivity index (χ1) is 9.42. The Hall–Kier alpha value is -1.92. The van der Waals surface area contributed by atoms with Crippen LogP contribution in [0.2, 0.25) is 0 Å². The summed E-state index contributed by atoms with van der Waals surface area (Å²) in [7, 11) is 3.21. The summed E-state index contributed by atoms with van der Waals surface area (Å²) in [6.45, 7) is 3.75. The molecule has 20 heavy (non-hydrogen) atoms. The lowest BCUT2D eigenvalue weighted by molar-refractivity contribution is -0.146. The highest BCUT2D eigenvalue weighted by Gasteiger charge is 2.23. The maximum atomic E-state index is 11.6. The zero-order chi connectivity index (χ0) is 15.3. The van der Waals surface area contributed by atoms with E-state index in [4.69, 9.17) is 15.4 Å². The molecule has 6 heteroatoms. The van der Waals surface area contributed by atoms with Gasteiger partial charge in [0.25, 0.3) is 0 Å². The number of benzene rings is 1. The summed E-state index contributed by atoms with van der Waals surface area (Å²) in [5.41, 5.74) is 3.35. The van der Waals surface area contributed by atoms with Gasteiger partial charge < -0.3 is 4.74 Å². The SMILES string of the molecule is COC(=O)C(C)N(C)C(C)c1cccc(C(=N)NO)c1. The first-order valence-corrected chi connectivity index (χ1v) is 6.31. The normalized spacial score (nSPS) is 13.7. The fourth-order valence-corrected chi connectivity index (χ4v) is 1.93. The summed E-state index contributed by atoms with van der Waals surface area (Å²) in [6, 6.07) is 6.86. The molecule has 110 valence electrons. The minimum absolute atomic E-state index is 0.0319. The Morgan fingerprint density at radius 1 is 1.45 bits per heavy atom. The summed E-state index contributed by atoms with van der Waals surface area (Å²) in [6.07, 6.45) is 0. The molecule has 1 aromatic carbocycles. The largest absolute Gasteiger partial charge is 0.468 e. The second-order valence-corrected chi connectivity index (χ2v) is 4.65. The van der Waals surface area contributed by atoms with Gasteiger partial charge in [-0.25, -0.2) is 0 Å². The highest BCUT2D eigenvalue weighted by atomic mass is 16.5. The molecule has 0 fully saturated rings. The summed E-state index contributed by atoms with van der Waals surface area (Å²) < 4.78 is 4.74. The minimum Gasteiger partial charge on any atom is -0.468 e. The molecule has 0 aromatic heterocycles. The molecule has 6 nitrogen and oxygen atoms in total. The third kappa shape index (κ3) is 3.55. The number of amidine groups is 1. The molecular formula is C14H21N3O3. The van der Waals surface area contributed by atoms with Crippen LogP contribution in [0.25, 0.3) is 0 Å². The van der Waals surface area contributed by atoms with E-state index in [1.807, 2.05) is 36.5 Å². The van der Waals surface area contributed by atoms with Crippen LogP contribution in [0.1, 0.15) is 31.0 Å². The van der Waals surface area contributed by atoms with Gasteiger partial charge in [0.15, 0.2) is 0 Å². The number of hydrogen-bond donors (Lipinski definition) is 3. The first kappa shape index (κ1) is 16.1. The van der Waals surface area contributed by atoms with Gasteiger partial charge in [0.1, 0.15) is 11.9 Å². The third-order valence-electron chi connectivity index (χ3n) is 3.53. The molecule has 1 rings (SSSR count). The number of methoxy groups -OCH3 is 1. The van der Waals surface area contributed by atoms with Crippen LogP contribution in [-0.4, -0.2) is 42.1 Å². The van der Waals surface area contributed by atoms with Gasteiger partial charge in [-0.3, -0.25) is 25.8 Å². The lowest BCUT2D eigenvalue weighted by Gasteiger charge is -2.29. The fraction of sp³-hybridized carbons (Fsp3) is 0.429. The van der Waals surface area contributed by atoms with Crippen molar-refractivity contribution in [1.82, 2.24) is 10.4 Å². The maximum absolute atomic E-state index is 11.6. The molecule has 0 radical (unpaired) electrons. The second-order valence-electron chi connectivity index (χ2n) is 4.65. The van der Waals surface area contributed by atoms with Gasteiger partial charge in [0.2, 0.25) is 0 Å². The number of hydroxylamine groups is 1. The predicted octanol–water partition coefficient (Wildman–Crippen LogP) is 1.55. The van der Waals surface area contributed by atoms with E-state index in [9.17, 15) is 4.79 Å². The maximum Gasteiger partial charge on any atom is 0.322 e. The molecule has 3 N–H and O–H groups in total. The highest BCUT2D eigenvalue weighted by molar-refractivity contribution is 5.95. The molecule has 0 amide bonds. The number of ether oxygens (including phenoxy) is 1. The Morgan fingerprint density at radius 2 is 2.10 bits per heavy atom. The van der Waals surface area contributed by atoms with Crippen molar-refractivity contribution in [2.75, 3.05) is 14.2 Å². The molecule has 0 heterocycles. The fourth-order valence-electron chi connectivity index (χ4n) is 1.93. The van der Waals surface area contributed by atoms with E-state index in [0.29, 0.717) is 5.56 Å². The van der Waals surface area contributed by atoms with Crippen LogP contribution < -0.4 is 5.48 Å². The smallest absolute Gasteiger partial charge is 0.322 e. The molecule has 0 aliphatic heterocycles. The molecule has 0 saturated carbocycles. The lowest BCUT2D eigenvalue weighted by Crippen LogP contribution is -2.38. The van der Waals surface area contributed by atoms with Crippen molar-refractivity contribution in [2.24, 2.45) is 0 Å². The van der Waals surface area contributed by atoms with Crippen LogP contribution in [0.3, 0.4) is 0 Å². The van der Waals surface area contributed by atoms with Crippen molar-refractivity contribution in [3.05, 3.63) is 35.4 Å². The summed E-state index contributed by atoms with van der Waals surface area (Å²) in [5, 5.41) is 16.3. The predicted molar refractivity (Wildman–Crippen MR) is 75.8 cm³/mol. The molecule has 1 aromatic rings. The number of nitrogens with zero attached hydrogens (tertiary/aromatic N) is 1. The van der Waals surface area contributed by atoms with E-state index >= 15 is 0 Å². The van der Waals surface area contributed by atoms with Crippen molar-refractivity contribution in [3.8, 4) is 0 Å². The minimum atomic E-state index is -0.367. The van der Waals surface area contributed by atoms with Crippen LogP contribution in [0.5, 0.6) is 0 Å². The Balaban J connectivity index is 2.94. The average Bonchev–Trinajstić information content (AvgIpc) is 2.51. The monoisotopic (exact) mass is 279 g/mol. The molecule has 0 aliphatic rings. The van der Waals surface area contributed by atoms with E-state index in [1.54, 1.807) is 19.1 Å². The quantitative estimate of drug-likeness (QED) is 0.329. The van der Waals surface area contributed by atoms with Crippen LogP contribution in [0, 0.1) is 5.41 Å². The average molecular weight is 279 g/mol. The van der Waals surface area contributed by atoms with Gasteiger partial charge in [-0.2, -0.15) is 0 Å². The third-order valence-corrected chi connectivity index (χ3v) is 3.53. The molecule has 0 spiro atoms. The zero-order valence-corrected chi connectivity index (χ0v) is 12.2. The lowest BCUT2D eigenvalue weighted by atomic mass is 10.0. The van der Waals surface area contributed by atoms with Gasteiger partial charge >= 0.3 is 5.97 Å². The van der Waals surface area contributed by atoms with Crippen LogP contribution in [-0.2, 0) is 9.53 Å². The molecule has 0 bridgehead atoms. The standard InChI is InChI=1S/C14H21N3O3/c1-9(17(3)10(2)14(18)20-4)11-6-5-7-12(8-11)13(15)16-19/h5-10,19H,1-4H3,(H2,15,16). The Bertz CT molecular complexity index is 490. The summed E-state index contributed by atoms with van der Waals surface area (Å²) >= 11 is 0. The Kier molecular flexibility index (Phi) is 5.66. The Labute approximate surface area is 118 Å². The highest BCUT2D eigenvalue weighted by Crippen LogP contribution is 2.22. The van der Waals surface area contributed by atoms with Gasteiger partial charge in [0, 0.05) is 11.6 Å². The van der Waals surface area contributed by atoms with Crippen molar-refractivity contribution in [2.45, 2.75) is 25.9 Å². The molecular weight excluding hydrogens is 258 g/mol. The van der Waals surface area contributed by atoms with E-state index in [1.165, 1.54) is 7.11 Å². The van der Waals surface area contributed by atoms with Crippen LogP contribution in [0.15, 0.2) is 24.3 Å². The number of carbonyl (C=O) groups is 1. The van der Waals surface area contributed by atoms with Gasteiger partial charge in [-0.15, -0.1) is 0 Å². The van der Waals surface area contributed by atoms with Gasteiger partial charge in [-0.05, 0) is 32.5 Å². The van der Waals surface area contributed by atoms with Crippen LogP contribution in [0.4, 0.5) is 0 Å². The number of likely N-dealkylation sites (N-methyl/N-ethyl adjacent to an activating group) is 1. The topological polar surface area (TPSA) is 85.7 Å². The van der Waals surface area contributed by atoms with Gasteiger partial charge in [-0.1, -0.05) is 18.2 Å². The van der Waals surface area contributed by atoms with Gasteiger partial charge in [0.05, 0.1) is 7.11 Å². The van der Waals surface area contributed by atoms with E-state index < -0.39 is 0 Å². The molecule has 2 unspecified atom stereocenters. The van der Waals surface area contributed by atoms with E-state index in [2.05, 4.69) is 0 Å². The van der Waals surface area contributed by atoms with Crippen molar-refractivity contribution < 1.29 is 14.7 Å². The van der Waals surface area contributed by atoms with Crippen LogP contribution >= 0.6 is 0 Å². The number of nitrogens with one attached hydrogen (secondary N) is 2. The number of esters is 1. The van der Waals surface area contributed by atoms with Crippen molar-refractivity contribution in [3.63, 3.8) is 0 Å². The molecule has 0 aliphatic carbocycles. The van der Waals surface area contributed by atoms with Crippen molar-refractivity contribution >= 4 is 11.8 Å². The van der Waals surface area contributed by atoms with E-state index in [-0.39, 0.29) is 23.9 Å². The Morgan fingerprint density at radius 3 is 2.65 bits per heavy atom. The van der Waals surface area contributed by atoms with Crippen molar-refractivity contribution in [1.29, 1.82) is 5.41 Å². The first-order valence-electron chi connectivity index (χ1n) is 6.31.